The average molecular weight is 236 g/mol. The van der Waals surface area contributed by atoms with Crippen molar-refractivity contribution in [1.29, 1.82) is 0 Å². The van der Waals surface area contributed by atoms with Gasteiger partial charge in [0, 0.05) is 31.8 Å². The zero-order valence-electron chi connectivity index (χ0n) is 9.58. The first-order valence-corrected chi connectivity index (χ1v) is 5.79. The van der Waals surface area contributed by atoms with Gasteiger partial charge in [0.25, 0.3) is 5.69 Å². The van der Waals surface area contributed by atoms with Gasteiger partial charge in [0.05, 0.1) is 11.0 Å². The van der Waals surface area contributed by atoms with Crippen molar-refractivity contribution in [2.24, 2.45) is 0 Å². The Balaban J connectivity index is 1.92. The molecule has 2 rings (SSSR count). The van der Waals surface area contributed by atoms with Gasteiger partial charge in [0.2, 0.25) is 0 Å². The Labute approximate surface area is 99.8 Å². The van der Waals surface area contributed by atoms with Gasteiger partial charge in [0.15, 0.2) is 0 Å². The van der Waals surface area contributed by atoms with E-state index in [-0.39, 0.29) is 16.7 Å². The van der Waals surface area contributed by atoms with Crippen molar-refractivity contribution >= 4 is 5.69 Å². The molecule has 5 heteroatoms. The molecule has 0 saturated carbocycles. The molecule has 1 aromatic carbocycles. The minimum absolute atomic E-state index is 0.128. The molecule has 0 amide bonds. The molecule has 0 spiro atoms. The number of non-ortho nitro benzene ring substituents is 1. The van der Waals surface area contributed by atoms with Crippen molar-refractivity contribution in [3.8, 4) is 0 Å². The van der Waals surface area contributed by atoms with Crippen LogP contribution in [0.15, 0.2) is 24.3 Å². The van der Waals surface area contributed by atoms with Crippen LogP contribution in [0.5, 0.6) is 0 Å². The molecule has 1 saturated heterocycles. The summed E-state index contributed by atoms with van der Waals surface area (Å²) in [6.45, 7) is 2.57. The third-order valence-electron chi connectivity index (χ3n) is 3.11. The minimum Gasteiger partial charge on any atom is -0.393 e. The van der Waals surface area contributed by atoms with E-state index >= 15 is 0 Å². The number of aliphatic hydroxyl groups excluding tert-OH is 1. The maximum atomic E-state index is 10.5. The van der Waals surface area contributed by atoms with Gasteiger partial charge in [-0.3, -0.25) is 15.0 Å². The maximum absolute atomic E-state index is 10.5. The van der Waals surface area contributed by atoms with Gasteiger partial charge < -0.3 is 5.11 Å². The molecule has 0 atom stereocenters. The van der Waals surface area contributed by atoms with Crippen LogP contribution in [-0.4, -0.2) is 34.1 Å². The molecule has 0 radical (unpaired) electrons. The number of aliphatic hydroxyl groups is 1. The quantitative estimate of drug-likeness (QED) is 0.638. The molecule has 1 N–H and O–H groups in total. The molecule has 0 unspecified atom stereocenters. The van der Waals surface area contributed by atoms with Crippen molar-refractivity contribution in [1.82, 2.24) is 4.90 Å². The van der Waals surface area contributed by atoms with E-state index in [1.165, 1.54) is 12.1 Å². The normalized spacial score (nSPS) is 18.2. The van der Waals surface area contributed by atoms with Gasteiger partial charge >= 0.3 is 0 Å². The number of nitro groups is 1. The second-order valence-corrected chi connectivity index (χ2v) is 4.43. The number of hydrogen-bond acceptors (Lipinski definition) is 4. The Morgan fingerprint density at radius 2 is 1.88 bits per heavy atom. The van der Waals surface area contributed by atoms with Crippen LogP contribution in [0.3, 0.4) is 0 Å². The number of nitro benzene ring substituents is 1. The molecule has 0 bridgehead atoms. The second kappa shape index (κ2) is 5.25. The van der Waals surface area contributed by atoms with Crippen molar-refractivity contribution in [3.63, 3.8) is 0 Å². The summed E-state index contributed by atoms with van der Waals surface area (Å²) in [5.41, 5.74) is 1.20. The molecule has 1 aromatic rings. The predicted molar refractivity (Wildman–Crippen MR) is 63.6 cm³/mol. The maximum Gasteiger partial charge on any atom is 0.269 e. The van der Waals surface area contributed by atoms with Gasteiger partial charge in [-0.05, 0) is 18.4 Å². The van der Waals surface area contributed by atoms with Crippen LogP contribution in [0.1, 0.15) is 18.4 Å². The number of rotatable bonds is 3. The van der Waals surface area contributed by atoms with Gasteiger partial charge in [-0.2, -0.15) is 0 Å². The van der Waals surface area contributed by atoms with Crippen LogP contribution < -0.4 is 0 Å². The third-order valence-corrected chi connectivity index (χ3v) is 3.11. The molecule has 1 fully saturated rings. The van der Waals surface area contributed by atoms with Crippen molar-refractivity contribution < 1.29 is 10.0 Å². The van der Waals surface area contributed by atoms with Gasteiger partial charge in [-0.15, -0.1) is 0 Å². The third kappa shape index (κ3) is 3.25. The van der Waals surface area contributed by atoms with Crippen LogP contribution in [0.4, 0.5) is 5.69 Å². The van der Waals surface area contributed by atoms with Crippen LogP contribution in [0, 0.1) is 10.1 Å². The predicted octanol–water partition coefficient (Wildman–Crippen LogP) is 1.55. The summed E-state index contributed by atoms with van der Waals surface area (Å²) in [6.07, 6.45) is 1.46. The standard InChI is InChI=1S/C12H16N2O3/c15-12-5-7-13(8-6-12)9-10-1-3-11(4-2-10)14(16)17/h1-4,12,15H,5-9H2. The highest BCUT2D eigenvalue weighted by Gasteiger charge is 2.17. The molecule has 17 heavy (non-hydrogen) atoms. The highest BCUT2D eigenvalue weighted by molar-refractivity contribution is 5.32. The fraction of sp³-hybridized carbons (Fsp3) is 0.500. The topological polar surface area (TPSA) is 66.6 Å². The summed E-state index contributed by atoms with van der Waals surface area (Å²) in [7, 11) is 0. The first-order valence-electron chi connectivity index (χ1n) is 5.79. The SMILES string of the molecule is O=[N+]([O-])c1ccc(CN2CCC(O)CC2)cc1. The number of hydrogen-bond donors (Lipinski definition) is 1. The highest BCUT2D eigenvalue weighted by Crippen LogP contribution is 2.16. The summed E-state index contributed by atoms with van der Waals surface area (Å²) < 4.78 is 0. The van der Waals surface area contributed by atoms with Crippen LogP contribution in [0.2, 0.25) is 0 Å². The first-order chi connectivity index (χ1) is 8.15. The van der Waals surface area contributed by atoms with Gasteiger partial charge in [0.1, 0.15) is 0 Å². The smallest absolute Gasteiger partial charge is 0.269 e. The average Bonchev–Trinajstić information content (AvgIpc) is 2.33. The number of benzene rings is 1. The molecule has 1 aliphatic rings. The molecule has 92 valence electrons. The zero-order chi connectivity index (χ0) is 12.3. The van der Waals surface area contributed by atoms with E-state index in [9.17, 15) is 15.2 Å². The van der Waals surface area contributed by atoms with Crippen molar-refractivity contribution in [3.05, 3.63) is 39.9 Å². The fourth-order valence-electron chi connectivity index (χ4n) is 2.06. The summed E-state index contributed by atoms with van der Waals surface area (Å²) in [6, 6.07) is 6.66. The molecule has 1 aliphatic heterocycles. The van der Waals surface area contributed by atoms with Crippen LogP contribution in [-0.2, 0) is 6.54 Å². The number of likely N-dealkylation sites (tertiary alicyclic amines) is 1. The second-order valence-electron chi connectivity index (χ2n) is 4.43. The lowest BCUT2D eigenvalue weighted by Gasteiger charge is -2.29. The summed E-state index contributed by atoms with van der Waals surface area (Å²) in [5, 5.41) is 19.9. The van der Waals surface area contributed by atoms with Crippen molar-refractivity contribution in [2.75, 3.05) is 13.1 Å². The molecular formula is C12H16N2O3. The molecule has 0 aromatic heterocycles. The lowest BCUT2D eigenvalue weighted by molar-refractivity contribution is -0.384. The first kappa shape index (κ1) is 12.0. The number of nitrogens with zero attached hydrogens (tertiary/aromatic N) is 2. The monoisotopic (exact) mass is 236 g/mol. The Bertz CT molecular complexity index is 383. The Morgan fingerprint density at radius 3 is 2.41 bits per heavy atom. The fourth-order valence-corrected chi connectivity index (χ4v) is 2.06. The summed E-state index contributed by atoms with van der Waals surface area (Å²) >= 11 is 0. The molecule has 0 aliphatic carbocycles. The summed E-state index contributed by atoms with van der Waals surface area (Å²) in [5.74, 6) is 0. The van der Waals surface area contributed by atoms with E-state index in [4.69, 9.17) is 0 Å². The number of piperidine rings is 1. The zero-order valence-corrected chi connectivity index (χ0v) is 9.58. The van der Waals surface area contributed by atoms with Gasteiger partial charge in [-0.1, -0.05) is 12.1 Å². The van der Waals surface area contributed by atoms with Crippen molar-refractivity contribution in [2.45, 2.75) is 25.5 Å². The lowest BCUT2D eigenvalue weighted by atomic mass is 10.1. The Hall–Kier alpha value is -1.46. The van der Waals surface area contributed by atoms with E-state index in [0.29, 0.717) is 0 Å². The molecular weight excluding hydrogens is 220 g/mol. The van der Waals surface area contributed by atoms with E-state index in [1.54, 1.807) is 12.1 Å². The van der Waals surface area contributed by atoms with E-state index < -0.39 is 0 Å². The summed E-state index contributed by atoms with van der Waals surface area (Å²) in [4.78, 5) is 12.4. The molecule has 5 nitrogen and oxygen atoms in total. The van der Waals surface area contributed by atoms with E-state index in [1.807, 2.05) is 0 Å². The Kier molecular flexibility index (Phi) is 3.71. The lowest BCUT2D eigenvalue weighted by Crippen LogP contribution is -2.35. The van der Waals surface area contributed by atoms with Crippen LogP contribution in [0.25, 0.3) is 0 Å². The Morgan fingerprint density at radius 1 is 1.29 bits per heavy atom. The van der Waals surface area contributed by atoms with Gasteiger partial charge in [-0.25, -0.2) is 0 Å². The van der Waals surface area contributed by atoms with E-state index in [2.05, 4.69) is 4.90 Å². The van der Waals surface area contributed by atoms with Crippen LogP contribution >= 0.6 is 0 Å². The minimum atomic E-state index is -0.388. The molecule has 1 heterocycles. The highest BCUT2D eigenvalue weighted by atomic mass is 16.6. The largest absolute Gasteiger partial charge is 0.393 e. The van der Waals surface area contributed by atoms with E-state index in [0.717, 1.165) is 38.0 Å².